The van der Waals surface area contributed by atoms with Crippen LogP contribution in [-0.4, -0.2) is 25.0 Å². The second-order valence-electron chi connectivity index (χ2n) is 7.10. The summed E-state index contributed by atoms with van der Waals surface area (Å²) < 4.78 is 24.9. The third-order valence-corrected chi connectivity index (χ3v) is 5.10. The van der Waals surface area contributed by atoms with Gasteiger partial charge in [-0.25, -0.2) is 4.39 Å². The molecule has 0 saturated heterocycles. The Morgan fingerprint density at radius 1 is 1.03 bits per heavy atom. The van der Waals surface area contributed by atoms with E-state index in [4.69, 9.17) is 9.47 Å². The summed E-state index contributed by atoms with van der Waals surface area (Å²) in [4.78, 5) is 24.8. The fraction of sp³-hybridized carbons (Fsp3) is 0.115. The molecule has 0 saturated carbocycles. The Morgan fingerprint density at radius 3 is 2.37 bits per heavy atom. The van der Waals surface area contributed by atoms with Gasteiger partial charge in [0.15, 0.2) is 18.1 Å². The van der Waals surface area contributed by atoms with Crippen molar-refractivity contribution in [2.45, 2.75) is 6.92 Å². The zero-order valence-corrected chi connectivity index (χ0v) is 20.3. The maximum atomic E-state index is 13.1. The van der Waals surface area contributed by atoms with Gasteiger partial charge in [-0.3, -0.25) is 9.59 Å². The van der Waals surface area contributed by atoms with Gasteiger partial charge in [-0.2, -0.15) is 5.26 Å². The van der Waals surface area contributed by atoms with Crippen LogP contribution in [0.25, 0.3) is 6.08 Å². The van der Waals surface area contributed by atoms with Gasteiger partial charge in [0.25, 0.3) is 11.8 Å². The molecule has 0 unspecified atom stereocenters. The molecule has 0 aliphatic carbocycles. The van der Waals surface area contributed by atoms with Crippen molar-refractivity contribution in [2.24, 2.45) is 0 Å². The number of rotatable bonds is 9. The molecule has 0 aliphatic rings. The lowest BCUT2D eigenvalue weighted by Gasteiger charge is -2.15. The predicted molar refractivity (Wildman–Crippen MR) is 134 cm³/mol. The summed E-state index contributed by atoms with van der Waals surface area (Å²) in [6.45, 7) is 1.85. The average molecular weight is 538 g/mol. The number of carbonyl (C=O) groups is 2. The van der Waals surface area contributed by atoms with Crippen molar-refractivity contribution in [2.75, 3.05) is 23.8 Å². The molecule has 0 radical (unpaired) electrons. The summed E-state index contributed by atoms with van der Waals surface area (Å²) in [5, 5.41) is 14.8. The lowest BCUT2D eigenvalue weighted by Crippen LogP contribution is -2.20. The number of carbonyl (C=O) groups excluding carboxylic acids is 2. The molecule has 0 fully saturated rings. The van der Waals surface area contributed by atoms with Crippen LogP contribution < -0.4 is 20.1 Å². The van der Waals surface area contributed by atoms with E-state index in [-0.39, 0.29) is 18.1 Å². The van der Waals surface area contributed by atoms with Gasteiger partial charge in [-0.1, -0.05) is 18.2 Å². The van der Waals surface area contributed by atoms with Crippen LogP contribution in [0, 0.1) is 17.1 Å². The predicted octanol–water partition coefficient (Wildman–Crippen LogP) is 5.55. The lowest BCUT2D eigenvalue weighted by atomic mass is 10.1. The first-order valence-electron chi connectivity index (χ1n) is 10.5. The molecule has 7 nitrogen and oxygen atoms in total. The summed E-state index contributed by atoms with van der Waals surface area (Å²) in [6.07, 6.45) is 1.39. The van der Waals surface area contributed by atoms with E-state index < -0.39 is 11.7 Å². The number of benzene rings is 3. The first kappa shape index (κ1) is 25.5. The van der Waals surface area contributed by atoms with Gasteiger partial charge >= 0.3 is 0 Å². The minimum atomic E-state index is -0.647. The Bertz CT molecular complexity index is 1270. The van der Waals surface area contributed by atoms with Gasteiger partial charge < -0.3 is 20.1 Å². The van der Waals surface area contributed by atoms with Gasteiger partial charge in [0.1, 0.15) is 17.5 Å². The number of hydrogen-bond acceptors (Lipinski definition) is 5. The number of halogens is 2. The van der Waals surface area contributed by atoms with E-state index >= 15 is 0 Å². The molecule has 0 aromatic heterocycles. The van der Waals surface area contributed by atoms with E-state index in [0.29, 0.717) is 39.5 Å². The molecule has 0 aliphatic heterocycles. The van der Waals surface area contributed by atoms with E-state index in [1.165, 1.54) is 30.3 Å². The van der Waals surface area contributed by atoms with Crippen molar-refractivity contribution in [1.29, 1.82) is 5.26 Å². The fourth-order valence-electron chi connectivity index (χ4n) is 2.98. The van der Waals surface area contributed by atoms with Crippen molar-refractivity contribution in [3.05, 3.63) is 88.2 Å². The highest BCUT2D eigenvalue weighted by Gasteiger charge is 2.16. The van der Waals surface area contributed by atoms with Crippen LogP contribution in [0.4, 0.5) is 15.8 Å². The van der Waals surface area contributed by atoms with Gasteiger partial charge in [0.05, 0.1) is 11.1 Å². The maximum absolute atomic E-state index is 13.1. The van der Waals surface area contributed by atoms with Crippen molar-refractivity contribution in [1.82, 2.24) is 0 Å². The fourth-order valence-corrected chi connectivity index (χ4v) is 3.55. The third-order valence-electron chi connectivity index (χ3n) is 4.52. The van der Waals surface area contributed by atoms with E-state index in [1.54, 1.807) is 31.2 Å². The lowest BCUT2D eigenvalue weighted by molar-refractivity contribution is -0.118. The Kier molecular flexibility index (Phi) is 8.98. The van der Waals surface area contributed by atoms with Gasteiger partial charge in [0, 0.05) is 11.4 Å². The smallest absolute Gasteiger partial charge is 0.266 e. The average Bonchev–Trinajstić information content (AvgIpc) is 2.84. The Balaban J connectivity index is 1.77. The van der Waals surface area contributed by atoms with Crippen LogP contribution in [0.3, 0.4) is 0 Å². The molecule has 3 rings (SSSR count). The van der Waals surface area contributed by atoms with E-state index in [2.05, 4.69) is 26.6 Å². The Morgan fingerprint density at radius 2 is 1.71 bits per heavy atom. The van der Waals surface area contributed by atoms with Crippen LogP contribution >= 0.6 is 15.9 Å². The van der Waals surface area contributed by atoms with Crippen LogP contribution in [0.2, 0.25) is 0 Å². The van der Waals surface area contributed by atoms with Crippen molar-refractivity contribution >= 4 is 45.2 Å². The molecule has 3 aromatic carbocycles. The SMILES string of the molecule is CCOc1cc(/C=C(\C#N)C(=O)Nc2ccc(F)cc2)cc(Br)c1OCC(=O)Nc1ccccc1. The largest absolute Gasteiger partial charge is 0.490 e. The van der Waals surface area contributed by atoms with E-state index in [1.807, 2.05) is 24.3 Å². The minimum absolute atomic E-state index is 0.167. The van der Waals surface area contributed by atoms with Gasteiger partial charge in [-0.15, -0.1) is 0 Å². The number of para-hydroxylation sites is 1. The number of ether oxygens (including phenoxy) is 2. The molecule has 35 heavy (non-hydrogen) atoms. The zero-order valence-electron chi connectivity index (χ0n) is 18.7. The number of hydrogen-bond donors (Lipinski definition) is 2. The van der Waals surface area contributed by atoms with Crippen LogP contribution in [0.5, 0.6) is 11.5 Å². The minimum Gasteiger partial charge on any atom is -0.490 e. The first-order chi connectivity index (χ1) is 16.9. The number of nitrogens with zero attached hydrogens (tertiary/aromatic N) is 1. The molecule has 9 heteroatoms. The van der Waals surface area contributed by atoms with Gasteiger partial charge in [-0.05, 0) is 83.0 Å². The second kappa shape index (κ2) is 12.3. The van der Waals surface area contributed by atoms with E-state index in [0.717, 1.165) is 0 Å². The highest BCUT2D eigenvalue weighted by Crippen LogP contribution is 2.37. The van der Waals surface area contributed by atoms with Crippen molar-refractivity contribution in [3.8, 4) is 17.6 Å². The molecule has 0 atom stereocenters. The monoisotopic (exact) mass is 537 g/mol. The topological polar surface area (TPSA) is 100 Å². The summed E-state index contributed by atoms with van der Waals surface area (Å²) in [5.41, 5.74) is 1.33. The third kappa shape index (κ3) is 7.42. The zero-order chi connectivity index (χ0) is 25.2. The maximum Gasteiger partial charge on any atom is 0.266 e. The summed E-state index contributed by atoms with van der Waals surface area (Å²) >= 11 is 3.41. The summed E-state index contributed by atoms with van der Waals surface area (Å²) in [6, 6.07) is 19.3. The molecule has 2 N–H and O–H groups in total. The van der Waals surface area contributed by atoms with Crippen LogP contribution in [0.15, 0.2) is 76.8 Å². The molecule has 0 spiro atoms. The second-order valence-corrected chi connectivity index (χ2v) is 7.95. The summed E-state index contributed by atoms with van der Waals surface area (Å²) in [5.74, 6) is -0.796. The molecular weight excluding hydrogens is 517 g/mol. The summed E-state index contributed by atoms with van der Waals surface area (Å²) in [7, 11) is 0. The standard InChI is InChI=1S/C26H21BrFN3O4/c1-2-34-23-14-17(12-18(15-29)26(33)31-21-10-8-19(28)9-11-21)13-22(27)25(23)35-16-24(32)30-20-6-4-3-5-7-20/h3-14H,2,16H2,1H3,(H,30,32)(H,31,33)/b18-12+. The molecule has 0 heterocycles. The van der Waals surface area contributed by atoms with Crippen LogP contribution in [-0.2, 0) is 9.59 Å². The Hall–Kier alpha value is -4.16. The molecule has 178 valence electrons. The molecule has 0 bridgehead atoms. The molecule has 3 aromatic rings. The quantitative estimate of drug-likeness (QED) is 0.275. The van der Waals surface area contributed by atoms with Crippen LogP contribution in [0.1, 0.15) is 12.5 Å². The normalized spacial score (nSPS) is 10.7. The highest BCUT2D eigenvalue weighted by atomic mass is 79.9. The van der Waals surface area contributed by atoms with E-state index in [9.17, 15) is 19.2 Å². The molecular formula is C26H21BrFN3O4. The van der Waals surface area contributed by atoms with Crippen molar-refractivity contribution in [3.63, 3.8) is 0 Å². The molecule has 2 amide bonds. The number of anilines is 2. The number of nitriles is 1. The van der Waals surface area contributed by atoms with Crippen molar-refractivity contribution < 1.29 is 23.5 Å². The number of amides is 2. The first-order valence-corrected chi connectivity index (χ1v) is 11.3. The van der Waals surface area contributed by atoms with Gasteiger partial charge in [0.2, 0.25) is 0 Å². The Labute approximate surface area is 210 Å². The highest BCUT2D eigenvalue weighted by molar-refractivity contribution is 9.10. The number of nitrogens with one attached hydrogen (secondary N) is 2.